The van der Waals surface area contributed by atoms with Gasteiger partial charge in [0.25, 0.3) is 0 Å². The molecule has 18 heteroatoms. The Morgan fingerprint density at radius 3 is 1.62 bits per heavy atom. The fourth-order valence-electron chi connectivity index (χ4n) is 5.31. The highest BCUT2D eigenvalue weighted by atomic mass is 16.8. The van der Waals surface area contributed by atoms with Crippen LogP contribution in [0.25, 0.3) is 0 Å². The third kappa shape index (κ3) is 6.76. The third-order valence-electron chi connectivity index (χ3n) is 8.15. The van der Waals surface area contributed by atoms with E-state index in [2.05, 4.69) is 0 Å². The van der Waals surface area contributed by atoms with Gasteiger partial charge in [0, 0.05) is 0 Å². The summed E-state index contributed by atoms with van der Waals surface area (Å²) in [5.41, 5.74) is 5.93. The number of nitrogens with two attached hydrogens (primary N) is 1. The molecule has 12 N–H and O–H groups in total. The molecule has 0 amide bonds. The zero-order valence-electron chi connectivity index (χ0n) is 23.2. The average Bonchev–Trinajstić information content (AvgIpc) is 2.95. The van der Waals surface area contributed by atoms with Gasteiger partial charge in [0.15, 0.2) is 25.2 Å². The van der Waals surface area contributed by atoms with Crippen LogP contribution in [0.3, 0.4) is 0 Å². The van der Waals surface area contributed by atoms with Crippen molar-refractivity contribution < 1.29 is 84.2 Å². The summed E-state index contributed by atoms with van der Waals surface area (Å²) in [4.78, 5) is 0. The number of ether oxygens (including phenoxy) is 7. The quantitative estimate of drug-likeness (QED) is 0.126. The van der Waals surface area contributed by atoms with E-state index in [0.717, 1.165) is 0 Å². The molecule has 0 aromatic carbocycles. The van der Waals surface area contributed by atoms with Crippen molar-refractivity contribution in [1.29, 1.82) is 0 Å². The van der Waals surface area contributed by atoms with Crippen LogP contribution < -0.4 is 5.73 Å². The zero-order chi connectivity index (χ0) is 31.2. The third-order valence-corrected chi connectivity index (χ3v) is 8.15. The first-order chi connectivity index (χ1) is 19.6. The van der Waals surface area contributed by atoms with Crippen LogP contribution in [0.2, 0.25) is 0 Å². The van der Waals surface area contributed by atoms with Crippen molar-refractivity contribution in [3.63, 3.8) is 0 Å². The number of hydrogen-bond acceptors (Lipinski definition) is 18. The summed E-state index contributed by atoms with van der Waals surface area (Å²) < 4.78 is 38.7. The van der Waals surface area contributed by atoms with Crippen LogP contribution in [0.5, 0.6) is 0 Å². The monoisotopic (exact) mass is 617 g/mol. The standard InChI is InChI=1S/C24H43NO17/c1-5-10(26)14(30)9(25)22(38-5)36-4-8-13(29)20(42-23-16(32)15(31)11(27)6(2)39-23)18(34)24(40-8)41-19-12(28)7(3)37-21(35)17(19)33/h5-24,26-35H,4,25H2,1-3H3/t5-,6-,7-,8+,9-,10+,11-,12-,13+,14-,15+,16+,17+,18+,19+,20-,21-,22+,23+,24-/m0/s1. The van der Waals surface area contributed by atoms with E-state index in [4.69, 9.17) is 38.9 Å². The number of aliphatic hydroxyl groups excluding tert-OH is 10. The molecule has 0 saturated carbocycles. The molecule has 4 aliphatic rings. The van der Waals surface area contributed by atoms with Crippen LogP contribution in [-0.2, 0) is 33.2 Å². The molecular weight excluding hydrogens is 574 g/mol. The van der Waals surface area contributed by atoms with Crippen molar-refractivity contribution in [1.82, 2.24) is 0 Å². The number of hydrogen-bond donors (Lipinski definition) is 11. The normalized spacial score (nSPS) is 55.9. The predicted octanol–water partition coefficient (Wildman–Crippen LogP) is -6.70. The Morgan fingerprint density at radius 2 is 1.00 bits per heavy atom. The van der Waals surface area contributed by atoms with E-state index in [1.807, 2.05) is 0 Å². The van der Waals surface area contributed by atoms with Gasteiger partial charge in [0.05, 0.1) is 31.0 Å². The van der Waals surface area contributed by atoms with Gasteiger partial charge in [0.2, 0.25) is 0 Å². The Morgan fingerprint density at radius 1 is 0.500 bits per heavy atom. The molecular formula is C24H43NO17. The van der Waals surface area contributed by atoms with Crippen LogP contribution in [0.15, 0.2) is 0 Å². The van der Waals surface area contributed by atoms with Gasteiger partial charge in [0.1, 0.15) is 73.2 Å². The molecule has 0 aliphatic carbocycles. The highest BCUT2D eigenvalue weighted by Crippen LogP contribution is 2.33. The molecule has 42 heavy (non-hydrogen) atoms. The second-order valence-electron chi connectivity index (χ2n) is 11.2. The molecule has 20 atom stereocenters. The lowest BCUT2D eigenvalue weighted by molar-refractivity contribution is -0.380. The van der Waals surface area contributed by atoms with E-state index in [1.54, 1.807) is 0 Å². The number of rotatable bonds is 7. The van der Waals surface area contributed by atoms with E-state index < -0.39 is 129 Å². The topological polar surface area (TPSA) is 293 Å². The summed E-state index contributed by atoms with van der Waals surface area (Å²) in [5, 5.41) is 104. The second kappa shape index (κ2) is 13.7. The minimum atomic E-state index is -1.88. The van der Waals surface area contributed by atoms with E-state index in [1.165, 1.54) is 20.8 Å². The predicted molar refractivity (Wildman–Crippen MR) is 132 cm³/mol. The van der Waals surface area contributed by atoms with Gasteiger partial charge in [-0.2, -0.15) is 0 Å². The molecule has 4 rings (SSSR count). The van der Waals surface area contributed by atoms with Crippen LogP contribution in [-0.4, -0.2) is 180 Å². The van der Waals surface area contributed by atoms with Gasteiger partial charge in [-0.15, -0.1) is 0 Å². The summed E-state index contributed by atoms with van der Waals surface area (Å²) in [7, 11) is 0. The Kier molecular flexibility index (Phi) is 11.2. The van der Waals surface area contributed by atoms with Crippen LogP contribution >= 0.6 is 0 Å². The maximum atomic E-state index is 11.1. The van der Waals surface area contributed by atoms with Crippen molar-refractivity contribution in [3.8, 4) is 0 Å². The van der Waals surface area contributed by atoms with Crippen molar-refractivity contribution in [2.45, 2.75) is 144 Å². The van der Waals surface area contributed by atoms with Gasteiger partial charge >= 0.3 is 0 Å². The first-order valence-electron chi connectivity index (χ1n) is 13.7. The van der Waals surface area contributed by atoms with E-state index in [-0.39, 0.29) is 0 Å². The van der Waals surface area contributed by atoms with Gasteiger partial charge in [-0.05, 0) is 20.8 Å². The molecule has 4 saturated heterocycles. The minimum absolute atomic E-state index is 0.523. The Labute approximate surface area is 240 Å². The first kappa shape index (κ1) is 34.2. The van der Waals surface area contributed by atoms with Crippen LogP contribution in [0, 0.1) is 0 Å². The van der Waals surface area contributed by atoms with Gasteiger partial charge in [-0.1, -0.05) is 0 Å². The van der Waals surface area contributed by atoms with Crippen LogP contribution in [0.1, 0.15) is 20.8 Å². The molecule has 4 aliphatic heterocycles. The van der Waals surface area contributed by atoms with Crippen molar-refractivity contribution in [2.24, 2.45) is 5.73 Å². The Hall–Kier alpha value is -0.720. The lowest BCUT2D eigenvalue weighted by Gasteiger charge is -2.48. The van der Waals surface area contributed by atoms with Gasteiger partial charge < -0.3 is 90.0 Å². The minimum Gasteiger partial charge on any atom is -0.388 e. The summed E-state index contributed by atoms with van der Waals surface area (Å²) >= 11 is 0. The first-order valence-corrected chi connectivity index (χ1v) is 13.7. The van der Waals surface area contributed by atoms with E-state index >= 15 is 0 Å². The molecule has 4 fully saturated rings. The molecule has 0 unspecified atom stereocenters. The lowest BCUT2D eigenvalue weighted by atomic mass is 9.96. The Bertz CT molecular complexity index is 861. The van der Waals surface area contributed by atoms with Crippen molar-refractivity contribution >= 4 is 0 Å². The summed E-state index contributed by atoms with van der Waals surface area (Å²) in [6, 6.07) is -1.20. The molecule has 0 aromatic heterocycles. The second-order valence-corrected chi connectivity index (χ2v) is 11.2. The zero-order valence-corrected chi connectivity index (χ0v) is 23.2. The highest BCUT2D eigenvalue weighted by molar-refractivity contribution is 4.96. The molecule has 0 bridgehead atoms. The molecule has 4 heterocycles. The average molecular weight is 618 g/mol. The van der Waals surface area contributed by atoms with Crippen LogP contribution in [0.4, 0.5) is 0 Å². The Balaban J connectivity index is 1.54. The fraction of sp³-hybridized carbons (Fsp3) is 1.00. The largest absolute Gasteiger partial charge is 0.388 e. The smallest absolute Gasteiger partial charge is 0.187 e. The molecule has 246 valence electrons. The van der Waals surface area contributed by atoms with E-state index in [0.29, 0.717) is 0 Å². The van der Waals surface area contributed by atoms with Gasteiger partial charge in [-0.25, -0.2) is 0 Å². The summed E-state index contributed by atoms with van der Waals surface area (Å²) in [5.74, 6) is 0. The summed E-state index contributed by atoms with van der Waals surface area (Å²) in [6.45, 7) is 3.76. The molecule has 0 aromatic rings. The number of aliphatic hydroxyl groups is 10. The summed E-state index contributed by atoms with van der Waals surface area (Å²) in [6.07, 6.45) is -28.5. The van der Waals surface area contributed by atoms with Crippen molar-refractivity contribution in [3.05, 3.63) is 0 Å². The lowest BCUT2D eigenvalue weighted by Crippen LogP contribution is -2.66. The van der Waals surface area contributed by atoms with E-state index in [9.17, 15) is 51.1 Å². The SMILES string of the molecule is C[C@@H]1O[C@H](O[C@@H]2[C@@H](O)[C@H](O[C@@H]3[C@@H](O)[C@H](C)O[C@H](O)[C@@H]3O)O[C@H](CO[C@@H]3O[C@@H](C)[C@@H](O)[C@@H](O)[C@@H]3N)[C@H]2O)[C@H](O)[C@H](O)[C@H]1O. The molecule has 0 spiro atoms. The fourth-order valence-corrected chi connectivity index (χ4v) is 5.31. The maximum absolute atomic E-state index is 11.1. The maximum Gasteiger partial charge on any atom is 0.187 e. The molecule has 18 nitrogen and oxygen atoms in total. The van der Waals surface area contributed by atoms with Crippen molar-refractivity contribution in [2.75, 3.05) is 6.61 Å². The molecule has 0 radical (unpaired) electrons. The highest BCUT2D eigenvalue weighted by Gasteiger charge is 2.53. The van der Waals surface area contributed by atoms with Gasteiger partial charge in [-0.3, -0.25) is 0 Å².